The normalized spacial score (nSPS) is 30.2. The van der Waals surface area contributed by atoms with Crippen molar-refractivity contribution in [2.45, 2.75) is 36.3 Å². The minimum absolute atomic E-state index is 0.377. The maximum Gasteiger partial charge on any atom is 0.490 e. The molecule has 0 amide bonds. The molecule has 33 heavy (non-hydrogen) atoms. The van der Waals surface area contributed by atoms with Crippen molar-refractivity contribution >= 4 is 35.1 Å². The summed E-state index contributed by atoms with van der Waals surface area (Å²) in [6.45, 7) is 0.943. The Morgan fingerprint density at radius 3 is 2.36 bits per heavy atom. The number of hydrogen-bond acceptors (Lipinski definition) is 10. The van der Waals surface area contributed by atoms with Crippen LogP contribution >= 0.6 is 35.1 Å². The fourth-order valence-corrected chi connectivity index (χ4v) is 6.18. The zero-order valence-electron chi connectivity index (χ0n) is 15.9. The fourth-order valence-electron chi connectivity index (χ4n) is 2.70. The topological polar surface area (TPSA) is 244 Å². The number of nitrogens with one attached hydrogen (secondary N) is 1. The van der Waals surface area contributed by atoms with E-state index in [-0.39, 0.29) is 0 Å². The standard InChI is InChI=1S/C12H15ClFN2O14P3/c1-3-12(13)8(17)7(27-10(12)16-4-6(14)9(18)15-11(16)19)5(2)28-32(23,24)30-33(25,26)29-31(20,21)22/h1,4-5,7-8,10,17H,2H3,(H,23,24)(H,25,26)(H,15,18,19)(H2,20,21,22)/t5-,7-,8+,10-,12?/m1/s1. The van der Waals surface area contributed by atoms with Crippen LogP contribution in [0.1, 0.15) is 13.2 Å². The minimum atomic E-state index is -5.83. The zero-order valence-corrected chi connectivity index (χ0v) is 19.4. The molecule has 0 aromatic carbocycles. The lowest BCUT2D eigenvalue weighted by Gasteiger charge is -2.26. The molecule has 3 unspecified atom stereocenters. The Bertz CT molecular complexity index is 1220. The van der Waals surface area contributed by atoms with Gasteiger partial charge in [0.2, 0.25) is 5.82 Å². The highest BCUT2D eigenvalue weighted by atomic mass is 35.5. The predicted octanol–water partition coefficient (Wildman–Crippen LogP) is -0.723. The van der Waals surface area contributed by atoms with E-state index in [9.17, 15) is 42.6 Å². The number of aliphatic hydroxyl groups excluding tert-OH is 1. The van der Waals surface area contributed by atoms with Gasteiger partial charge in [0.1, 0.15) is 12.2 Å². The van der Waals surface area contributed by atoms with E-state index < -0.39 is 69.9 Å². The van der Waals surface area contributed by atoms with E-state index in [2.05, 4.69) is 13.1 Å². The molecule has 7 atom stereocenters. The Morgan fingerprint density at radius 2 is 1.85 bits per heavy atom. The van der Waals surface area contributed by atoms with Crippen LogP contribution in [0.3, 0.4) is 0 Å². The number of aliphatic hydroxyl groups is 1. The first-order chi connectivity index (χ1) is 14.8. The van der Waals surface area contributed by atoms with Crippen LogP contribution < -0.4 is 11.2 Å². The summed E-state index contributed by atoms with van der Waals surface area (Å²) in [7, 11) is -17.1. The Morgan fingerprint density at radius 1 is 1.27 bits per heavy atom. The zero-order chi connectivity index (χ0) is 25.6. The van der Waals surface area contributed by atoms with Gasteiger partial charge in [0.05, 0.1) is 12.3 Å². The van der Waals surface area contributed by atoms with Crippen LogP contribution in [0.25, 0.3) is 0 Å². The second kappa shape index (κ2) is 9.44. The molecular formula is C12H15ClFN2O14P3. The number of H-pyrrole nitrogens is 1. The number of halogens is 2. The molecule has 0 bridgehead atoms. The number of phosphoric ester groups is 1. The van der Waals surface area contributed by atoms with E-state index in [1.54, 1.807) is 4.98 Å². The van der Waals surface area contributed by atoms with Crippen molar-refractivity contribution in [3.8, 4) is 12.3 Å². The summed E-state index contributed by atoms with van der Waals surface area (Å²) in [6, 6.07) is 0. The van der Waals surface area contributed by atoms with Gasteiger partial charge in [-0.05, 0) is 6.92 Å². The second-order valence-electron chi connectivity index (χ2n) is 6.36. The molecule has 16 nitrogen and oxygen atoms in total. The molecule has 186 valence electrons. The van der Waals surface area contributed by atoms with Crippen LogP contribution in [-0.4, -0.2) is 57.4 Å². The molecule has 0 spiro atoms. The van der Waals surface area contributed by atoms with Gasteiger partial charge in [-0.25, -0.2) is 18.5 Å². The molecule has 1 fully saturated rings. The van der Waals surface area contributed by atoms with Crippen LogP contribution in [-0.2, 0) is 31.6 Å². The smallest absolute Gasteiger partial charge is 0.387 e. The van der Waals surface area contributed by atoms with Crippen molar-refractivity contribution < 1.29 is 60.6 Å². The first kappa shape index (κ1) is 28.0. The summed E-state index contributed by atoms with van der Waals surface area (Å²) in [4.78, 5) is 58.4. The SMILES string of the molecule is C#CC1(Cl)[C@@H](O)[C@@H]([C@@H](C)OP(=O)(O)OP(=O)(O)OP(=O)(O)O)O[C@H]1n1cc(F)c(=O)[nH]c1=O. The van der Waals surface area contributed by atoms with E-state index in [4.69, 9.17) is 32.5 Å². The average Bonchev–Trinajstić information content (AvgIpc) is 2.87. The van der Waals surface area contributed by atoms with Crippen LogP contribution in [0.5, 0.6) is 0 Å². The van der Waals surface area contributed by atoms with Crippen LogP contribution in [0.15, 0.2) is 15.8 Å². The van der Waals surface area contributed by atoms with Gasteiger partial charge in [-0.3, -0.25) is 18.9 Å². The number of aromatic amines is 1. The van der Waals surface area contributed by atoms with Crippen LogP contribution in [0.4, 0.5) is 4.39 Å². The van der Waals surface area contributed by atoms with E-state index in [0.717, 1.165) is 6.92 Å². The molecule has 1 aromatic rings. The molecule has 2 heterocycles. The van der Waals surface area contributed by atoms with Gasteiger partial charge < -0.3 is 29.4 Å². The number of hydrogen-bond donors (Lipinski definition) is 6. The van der Waals surface area contributed by atoms with Gasteiger partial charge in [-0.2, -0.15) is 13.0 Å². The lowest BCUT2D eigenvalue weighted by atomic mass is 9.97. The van der Waals surface area contributed by atoms with Gasteiger partial charge in [0.25, 0.3) is 5.56 Å². The van der Waals surface area contributed by atoms with Crippen LogP contribution in [0.2, 0.25) is 0 Å². The van der Waals surface area contributed by atoms with Crippen molar-refractivity contribution in [2.24, 2.45) is 0 Å². The Hall–Kier alpha value is -1.21. The number of aromatic nitrogens is 2. The predicted molar refractivity (Wildman–Crippen MR) is 103 cm³/mol. The number of phosphoric acid groups is 3. The number of terminal acetylenes is 1. The number of nitrogens with zero attached hydrogens (tertiary/aromatic N) is 1. The highest BCUT2D eigenvalue weighted by Gasteiger charge is 2.58. The molecule has 0 radical (unpaired) electrons. The molecular weight excluding hydrogens is 544 g/mol. The van der Waals surface area contributed by atoms with Gasteiger partial charge in [-0.15, -0.1) is 6.42 Å². The third-order valence-electron chi connectivity index (χ3n) is 3.96. The summed E-state index contributed by atoms with van der Waals surface area (Å²) in [5.41, 5.74) is -2.63. The third kappa shape index (κ3) is 6.47. The van der Waals surface area contributed by atoms with Crippen molar-refractivity contribution in [3.63, 3.8) is 0 Å². The summed E-state index contributed by atoms with van der Waals surface area (Å²) in [5, 5.41) is 10.5. The monoisotopic (exact) mass is 558 g/mol. The average molecular weight is 559 g/mol. The molecule has 0 saturated carbocycles. The van der Waals surface area contributed by atoms with Crippen LogP contribution in [0, 0.1) is 18.2 Å². The molecule has 6 N–H and O–H groups in total. The maximum atomic E-state index is 13.7. The van der Waals surface area contributed by atoms with E-state index >= 15 is 0 Å². The van der Waals surface area contributed by atoms with Crippen molar-refractivity contribution in [3.05, 3.63) is 32.9 Å². The molecule has 1 aliphatic rings. The molecule has 1 aliphatic heterocycles. The first-order valence-corrected chi connectivity index (χ1v) is 13.0. The Kier molecular flexibility index (Phi) is 8.02. The van der Waals surface area contributed by atoms with E-state index in [1.807, 2.05) is 5.92 Å². The summed E-state index contributed by atoms with van der Waals surface area (Å²) >= 11 is 6.16. The highest BCUT2D eigenvalue weighted by molar-refractivity contribution is 7.66. The van der Waals surface area contributed by atoms with Gasteiger partial charge in [0.15, 0.2) is 11.1 Å². The van der Waals surface area contributed by atoms with Crippen molar-refractivity contribution in [2.75, 3.05) is 0 Å². The second-order valence-corrected chi connectivity index (χ2v) is 11.4. The first-order valence-electron chi connectivity index (χ1n) is 8.15. The highest BCUT2D eigenvalue weighted by Crippen LogP contribution is 2.66. The third-order valence-corrected chi connectivity index (χ3v) is 8.41. The Balaban J connectivity index is 2.31. The molecule has 0 aliphatic carbocycles. The van der Waals surface area contributed by atoms with E-state index in [0.29, 0.717) is 10.8 Å². The fraction of sp³-hybridized carbons (Fsp3) is 0.500. The summed E-state index contributed by atoms with van der Waals surface area (Å²) in [6.07, 6.45) is -1.76. The minimum Gasteiger partial charge on any atom is -0.387 e. The summed E-state index contributed by atoms with van der Waals surface area (Å²) < 4.78 is 65.1. The van der Waals surface area contributed by atoms with Gasteiger partial charge in [-0.1, -0.05) is 17.5 Å². The molecule has 1 aromatic heterocycles. The Labute approximate surface area is 187 Å². The largest absolute Gasteiger partial charge is 0.490 e. The molecule has 21 heteroatoms. The van der Waals surface area contributed by atoms with Gasteiger partial charge >= 0.3 is 29.2 Å². The lowest BCUT2D eigenvalue weighted by Crippen LogP contribution is -2.45. The van der Waals surface area contributed by atoms with Crippen molar-refractivity contribution in [1.82, 2.24) is 9.55 Å². The number of ether oxygens (including phenoxy) is 1. The lowest BCUT2D eigenvalue weighted by molar-refractivity contribution is -0.0751. The van der Waals surface area contributed by atoms with Crippen molar-refractivity contribution in [1.29, 1.82) is 0 Å². The maximum absolute atomic E-state index is 13.7. The number of rotatable bonds is 8. The number of alkyl halides is 1. The molecule has 2 rings (SSSR count). The van der Waals surface area contributed by atoms with Gasteiger partial charge in [0, 0.05) is 0 Å². The quantitative estimate of drug-likeness (QED) is 0.131. The van der Waals surface area contributed by atoms with E-state index in [1.165, 1.54) is 0 Å². The molecule has 1 saturated heterocycles. The summed E-state index contributed by atoms with van der Waals surface area (Å²) in [5.74, 6) is 0.468.